The van der Waals surface area contributed by atoms with E-state index in [1.807, 2.05) is 208 Å². The molecular weight excluding hydrogens is 1210 g/mol. The van der Waals surface area contributed by atoms with E-state index in [0.717, 1.165) is 123 Å². The van der Waals surface area contributed by atoms with E-state index in [-0.39, 0.29) is 5.69 Å². The molecule has 16 nitrogen and oxygen atoms in total. The highest BCUT2D eigenvalue weighted by Gasteiger charge is 2.16. The number of benzene rings is 2. The normalized spacial score (nSPS) is 12.1. The highest BCUT2D eigenvalue weighted by Crippen LogP contribution is 2.29. The van der Waals surface area contributed by atoms with E-state index in [4.69, 9.17) is 29.9 Å². The lowest BCUT2D eigenvalue weighted by Crippen LogP contribution is -2.07. The quantitative estimate of drug-likeness (QED) is 0.0550. The van der Waals surface area contributed by atoms with E-state index in [0.29, 0.717) is 61.9 Å². The number of nitro benzene ring substituents is 1. The molecule has 0 aliphatic carbocycles. The summed E-state index contributed by atoms with van der Waals surface area (Å²) in [4.78, 5) is 65.3. The first-order valence-corrected chi connectivity index (χ1v) is 31.4. The van der Waals surface area contributed by atoms with Crippen LogP contribution < -0.4 is 4.90 Å². The molecule has 2 aromatic carbocycles. The first kappa shape index (κ1) is 57.6. The molecule has 11 aromatic rings. The van der Waals surface area contributed by atoms with Gasteiger partial charge in [0.2, 0.25) is 0 Å². The van der Waals surface area contributed by atoms with Crippen molar-refractivity contribution in [2.45, 2.75) is 0 Å². The molecule has 0 saturated heterocycles. The molecule has 460 valence electrons. The number of fused-ring (bicyclic) bond motifs is 24. The van der Waals surface area contributed by atoms with Crippen LogP contribution in [0.1, 0.15) is 113 Å². The zero-order chi connectivity index (χ0) is 65.8. The van der Waals surface area contributed by atoms with E-state index >= 15 is 0 Å². The Morgan fingerprint density at radius 1 is 0.296 bits per heavy atom. The predicted octanol–water partition coefficient (Wildman–Crippen LogP) is 16.2. The van der Waals surface area contributed by atoms with Crippen LogP contribution in [0.15, 0.2) is 158 Å². The number of rotatable bonds is 2. The van der Waals surface area contributed by atoms with Gasteiger partial charge in [-0.2, -0.15) is 0 Å². The molecule has 24 bridgehead atoms. The second-order valence-corrected chi connectivity index (χ2v) is 23.9. The number of non-ortho nitro benzene ring substituents is 1. The maximum atomic E-state index is 11.3. The van der Waals surface area contributed by atoms with Crippen molar-refractivity contribution in [2.24, 2.45) is 0 Å². The van der Waals surface area contributed by atoms with E-state index in [1.54, 1.807) is 12.1 Å². The summed E-state index contributed by atoms with van der Waals surface area (Å²) in [5.41, 5.74) is 25.1. The predicted molar refractivity (Wildman–Crippen MR) is 394 cm³/mol. The Morgan fingerprint density at radius 3 is 0.745 bits per heavy atom. The summed E-state index contributed by atoms with van der Waals surface area (Å²) >= 11 is 0. The molecule has 6 N–H and O–H groups in total. The first-order valence-electron chi connectivity index (χ1n) is 31.4. The molecule has 9 aromatic heterocycles. The van der Waals surface area contributed by atoms with Gasteiger partial charge in [0.15, 0.2) is 0 Å². The van der Waals surface area contributed by atoms with Crippen molar-refractivity contribution < 1.29 is 4.92 Å². The average Bonchev–Trinajstić information content (AvgIpc) is 1.70. The summed E-state index contributed by atoms with van der Waals surface area (Å²) in [6, 6.07) is 50.5. The van der Waals surface area contributed by atoms with E-state index in [9.17, 15) is 10.1 Å². The fraction of sp³-hybridized carbons (Fsp3) is 0.0244. The molecule has 0 amide bonds. The van der Waals surface area contributed by atoms with Gasteiger partial charge >= 0.3 is 0 Å². The number of aromatic nitrogens is 12. The smallest absolute Gasteiger partial charge is 0.269 e. The van der Waals surface area contributed by atoms with Crippen molar-refractivity contribution in [3.63, 3.8) is 0 Å². The van der Waals surface area contributed by atoms with Crippen LogP contribution in [0.2, 0.25) is 0 Å². The van der Waals surface area contributed by atoms with Gasteiger partial charge in [0.05, 0.1) is 140 Å². The van der Waals surface area contributed by atoms with Gasteiger partial charge < -0.3 is 34.8 Å². The molecule has 0 saturated carbocycles. The monoisotopic (exact) mass is 1260 g/mol. The highest BCUT2D eigenvalue weighted by molar-refractivity contribution is 5.89. The van der Waals surface area contributed by atoms with Crippen LogP contribution in [0.25, 0.3) is 139 Å². The number of hydrogen-bond donors (Lipinski definition) is 6. The number of nitro groups is 1. The van der Waals surface area contributed by atoms with Crippen LogP contribution in [0.4, 0.5) is 11.4 Å². The van der Waals surface area contributed by atoms with Crippen LogP contribution in [-0.4, -0.2) is 78.8 Å². The Balaban J connectivity index is 0.753. The van der Waals surface area contributed by atoms with Crippen molar-refractivity contribution in [1.82, 2.24) is 59.8 Å². The zero-order valence-corrected chi connectivity index (χ0v) is 52.3. The van der Waals surface area contributed by atoms with Crippen LogP contribution in [0, 0.1) is 57.5 Å². The van der Waals surface area contributed by atoms with Gasteiger partial charge in [-0.05, 0) is 219 Å². The standard InChI is InChI=1S/C82H50N14O2/c1-95(2)63-21-3-49(4-22-63)7-25-65-71-31-9-51(83-71)43-55-13-35-75(87-55)67(76-36-14-56(88-76)44-52-10-32-72(65)84-52)27-29-69-79-39-17-59(91-79)47-61-19-41-81(93-61)70(82-42-20-62(94-82)48-60-18-40-80(69)92-60)30-28-68-77-37-15-57(89-77)45-53-11-33-73(85-53)66(26-8-50-5-23-64(24-6-50)96(97)98)74-34-12-54(86-74)46-58-16-38-78(68)90-58/h3-6,9-24,31-48,83,85,88,90-91,94H,1-2H3. The van der Waals surface area contributed by atoms with Gasteiger partial charge in [-0.3, -0.25) is 10.1 Å². The molecule has 0 spiro atoms. The minimum Gasteiger partial charge on any atom is -0.378 e. The lowest BCUT2D eigenvalue weighted by molar-refractivity contribution is -0.384. The van der Waals surface area contributed by atoms with Gasteiger partial charge in [-0.25, -0.2) is 29.9 Å². The number of hydrogen-bond acceptors (Lipinski definition) is 9. The number of nitrogens with one attached hydrogen (secondary N) is 6. The lowest BCUT2D eigenvalue weighted by atomic mass is 10.1. The van der Waals surface area contributed by atoms with Gasteiger partial charge in [-0.1, -0.05) is 47.4 Å². The van der Waals surface area contributed by atoms with Crippen molar-refractivity contribution in [3.05, 3.63) is 281 Å². The topological polar surface area (TPSA) is 218 Å². The van der Waals surface area contributed by atoms with Crippen molar-refractivity contribution in [3.8, 4) is 47.4 Å². The summed E-state index contributed by atoms with van der Waals surface area (Å²) in [6.45, 7) is 0. The van der Waals surface area contributed by atoms with Gasteiger partial charge in [0.25, 0.3) is 5.69 Å². The number of nitrogens with zero attached hydrogens (tertiary/aromatic N) is 8. The zero-order valence-electron chi connectivity index (χ0n) is 52.3. The van der Waals surface area contributed by atoms with Gasteiger partial charge in [0.1, 0.15) is 0 Å². The fourth-order valence-corrected chi connectivity index (χ4v) is 12.0. The lowest BCUT2D eigenvalue weighted by Gasteiger charge is -2.11. The molecule has 6 aliphatic rings. The van der Waals surface area contributed by atoms with Crippen LogP contribution in [0.5, 0.6) is 0 Å². The summed E-state index contributed by atoms with van der Waals surface area (Å²) in [6.07, 6.45) is 23.8. The summed E-state index contributed by atoms with van der Waals surface area (Å²) in [5.74, 6) is 27.6. The summed E-state index contributed by atoms with van der Waals surface area (Å²) < 4.78 is 0. The van der Waals surface area contributed by atoms with Gasteiger partial charge in [0, 0.05) is 76.1 Å². The van der Waals surface area contributed by atoms with E-state index in [1.165, 1.54) is 12.1 Å². The second kappa shape index (κ2) is 24.0. The van der Waals surface area contributed by atoms with Crippen LogP contribution >= 0.6 is 0 Å². The highest BCUT2D eigenvalue weighted by atomic mass is 16.6. The molecule has 0 radical (unpaired) electrons. The maximum absolute atomic E-state index is 11.3. The van der Waals surface area contributed by atoms with Crippen molar-refractivity contribution in [2.75, 3.05) is 19.0 Å². The number of anilines is 1. The molecule has 0 fully saturated rings. The second-order valence-electron chi connectivity index (χ2n) is 23.9. The van der Waals surface area contributed by atoms with Crippen molar-refractivity contribution in [1.29, 1.82) is 0 Å². The first-order chi connectivity index (χ1) is 48.0. The minimum atomic E-state index is -0.427. The molecule has 6 aliphatic heterocycles. The largest absolute Gasteiger partial charge is 0.378 e. The van der Waals surface area contributed by atoms with Crippen LogP contribution in [0.3, 0.4) is 0 Å². The molecule has 16 heteroatoms. The molecule has 0 atom stereocenters. The Morgan fingerprint density at radius 2 is 0.520 bits per heavy atom. The van der Waals surface area contributed by atoms with Crippen LogP contribution in [-0.2, 0) is 0 Å². The van der Waals surface area contributed by atoms with Gasteiger partial charge in [-0.15, -0.1) is 0 Å². The maximum Gasteiger partial charge on any atom is 0.269 e. The fourth-order valence-electron chi connectivity index (χ4n) is 12.0. The summed E-state index contributed by atoms with van der Waals surface area (Å²) in [5, 5.41) is 11.3. The molecule has 17 rings (SSSR count). The molecule has 98 heavy (non-hydrogen) atoms. The third-order valence-corrected chi connectivity index (χ3v) is 16.9. The third-order valence-electron chi connectivity index (χ3n) is 16.9. The van der Waals surface area contributed by atoms with Crippen molar-refractivity contribution >= 4 is 150 Å². The molecule has 15 heterocycles. The van der Waals surface area contributed by atoms with E-state index < -0.39 is 4.92 Å². The Bertz CT molecular complexity index is 6340. The Kier molecular flexibility index (Phi) is 14.1. The Hall–Kier alpha value is -14.3. The molecule has 0 unspecified atom stereocenters. The molecular formula is C82H50N14O2. The SMILES string of the molecule is CN(C)c1ccc(C#Cc2c3nc(cc4ccc([nH]4)c(C#Cc4c5nc(cc6ccc([nH]6)c(C#Cc6c7nc(cc8ccc([nH]8)c(C#Cc8ccc([N+](=O)[O-])cc8)c8nc(cc9ccc6[nH]9)C=C8)C=C7)c6nc(cc7ccc4[nH]7)C=C6)C=C5)c4nc(cc5ccc2[nH]5)C=C4)C=C3)cc1. The number of aromatic amines is 6. The Labute approximate surface area is 559 Å². The third kappa shape index (κ3) is 11.6. The minimum absolute atomic E-state index is 0.000139. The van der Waals surface area contributed by atoms with E-state index in [2.05, 4.69) is 94.3 Å². The average molecular weight is 1260 g/mol. The summed E-state index contributed by atoms with van der Waals surface area (Å²) in [7, 11) is 4.05. The number of H-pyrrole nitrogens is 6.